The van der Waals surface area contributed by atoms with Crippen LogP contribution in [-0.4, -0.2) is 46.9 Å². The van der Waals surface area contributed by atoms with Gasteiger partial charge in [0.25, 0.3) is 0 Å². The van der Waals surface area contributed by atoms with Gasteiger partial charge in [-0.2, -0.15) is 4.98 Å². The standard InChI is InChI=1S/C11H18N4O3/c1-3-9-7-15(4-5-17-9)11(16)12-6-10-13-8(2)14-18-10/h9H,3-7H2,1-2H3,(H,12,16). The maximum atomic E-state index is 11.9. The van der Waals surface area contributed by atoms with Gasteiger partial charge in [0.2, 0.25) is 5.89 Å². The van der Waals surface area contributed by atoms with Crippen molar-refractivity contribution in [3.05, 3.63) is 11.7 Å². The second-order valence-corrected chi connectivity index (χ2v) is 4.24. The summed E-state index contributed by atoms with van der Waals surface area (Å²) >= 11 is 0. The van der Waals surface area contributed by atoms with Gasteiger partial charge < -0.3 is 19.5 Å². The van der Waals surface area contributed by atoms with E-state index in [-0.39, 0.29) is 18.7 Å². The van der Waals surface area contributed by atoms with Crippen LogP contribution < -0.4 is 5.32 Å². The summed E-state index contributed by atoms with van der Waals surface area (Å²) in [6.07, 6.45) is 1.04. The van der Waals surface area contributed by atoms with Gasteiger partial charge >= 0.3 is 6.03 Å². The van der Waals surface area contributed by atoms with Crippen molar-refractivity contribution >= 4 is 6.03 Å². The van der Waals surface area contributed by atoms with Crippen LogP contribution >= 0.6 is 0 Å². The van der Waals surface area contributed by atoms with Crippen molar-refractivity contribution in [2.45, 2.75) is 32.9 Å². The zero-order valence-electron chi connectivity index (χ0n) is 10.7. The Kier molecular flexibility index (Phi) is 4.14. The quantitative estimate of drug-likeness (QED) is 0.858. The van der Waals surface area contributed by atoms with E-state index in [9.17, 15) is 4.79 Å². The molecule has 2 rings (SSSR count). The number of urea groups is 1. The summed E-state index contributed by atoms with van der Waals surface area (Å²) in [4.78, 5) is 17.7. The molecular weight excluding hydrogens is 236 g/mol. The minimum Gasteiger partial charge on any atom is -0.375 e. The first-order valence-electron chi connectivity index (χ1n) is 6.12. The predicted molar refractivity (Wildman–Crippen MR) is 62.9 cm³/mol. The molecular formula is C11H18N4O3. The zero-order chi connectivity index (χ0) is 13.0. The Labute approximate surface area is 105 Å². The van der Waals surface area contributed by atoms with E-state index in [4.69, 9.17) is 9.26 Å². The van der Waals surface area contributed by atoms with E-state index in [0.717, 1.165) is 6.42 Å². The summed E-state index contributed by atoms with van der Waals surface area (Å²) < 4.78 is 10.4. The zero-order valence-corrected chi connectivity index (χ0v) is 10.7. The van der Waals surface area contributed by atoms with E-state index >= 15 is 0 Å². The highest BCUT2D eigenvalue weighted by Gasteiger charge is 2.23. The molecule has 0 radical (unpaired) electrons. The Morgan fingerprint density at radius 2 is 2.44 bits per heavy atom. The highest BCUT2D eigenvalue weighted by Crippen LogP contribution is 2.08. The minimum absolute atomic E-state index is 0.118. The lowest BCUT2D eigenvalue weighted by atomic mass is 10.2. The molecule has 2 heterocycles. The summed E-state index contributed by atoms with van der Waals surface area (Å²) in [7, 11) is 0. The molecule has 7 nitrogen and oxygen atoms in total. The van der Waals surface area contributed by atoms with E-state index < -0.39 is 0 Å². The molecule has 7 heteroatoms. The number of morpholine rings is 1. The number of carbonyl (C=O) groups is 1. The van der Waals surface area contributed by atoms with Crippen LogP contribution in [0.1, 0.15) is 25.1 Å². The molecule has 1 unspecified atom stereocenters. The Balaban J connectivity index is 1.80. The molecule has 1 saturated heterocycles. The molecule has 1 fully saturated rings. The molecule has 1 N–H and O–H groups in total. The highest BCUT2D eigenvalue weighted by molar-refractivity contribution is 5.74. The van der Waals surface area contributed by atoms with Crippen LogP contribution in [0, 0.1) is 6.92 Å². The average Bonchev–Trinajstić information content (AvgIpc) is 2.82. The maximum Gasteiger partial charge on any atom is 0.318 e. The van der Waals surface area contributed by atoms with Crippen LogP contribution in [0.4, 0.5) is 4.79 Å². The van der Waals surface area contributed by atoms with E-state index in [1.54, 1.807) is 11.8 Å². The fourth-order valence-corrected chi connectivity index (χ4v) is 1.83. The van der Waals surface area contributed by atoms with Crippen LogP contribution in [-0.2, 0) is 11.3 Å². The molecule has 1 aliphatic heterocycles. The number of hydrogen-bond donors (Lipinski definition) is 1. The third-order valence-electron chi connectivity index (χ3n) is 2.84. The number of carbonyl (C=O) groups excluding carboxylic acids is 1. The second kappa shape index (κ2) is 5.81. The van der Waals surface area contributed by atoms with Crippen molar-refractivity contribution < 1.29 is 14.1 Å². The lowest BCUT2D eigenvalue weighted by molar-refractivity contribution is -0.0154. The van der Waals surface area contributed by atoms with Gasteiger partial charge in [-0.1, -0.05) is 12.1 Å². The second-order valence-electron chi connectivity index (χ2n) is 4.24. The molecule has 1 atom stereocenters. The van der Waals surface area contributed by atoms with Gasteiger partial charge in [-0.3, -0.25) is 0 Å². The fraction of sp³-hybridized carbons (Fsp3) is 0.727. The predicted octanol–water partition coefficient (Wildman–Crippen LogP) is 0.698. The number of nitrogens with one attached hydrogen (secondary N) is 1. The Bertz CT molecular complexity index is 407. The number of ether oxygens (including phenoxy) is 1. The van der Waals surface area contributed by atoms with Crippen LogP contribution in [0.25, 0.3) is 0 Å². The third kappa shape index (κ3) is 3.19. The molecule has 0 bridgehead atoms. The molecule has 0 saturated carbocycles. The molecule has 0 aromatic carbocycles. The van der Waals surface area contributed by atoms with E-state index in [1.165, 1.54) is 0 Å². The first kappa shape index (κ1) is 12.8. The highest BCUT2D eigenvalue weighted by atomic mass is 16.5. The monoisotopic (exact) mass is 254 g/mol. The minimum atomic E-state index is -0.118. The SMILES string of the molecule is CCC1CN(C(=O)NCc2nc(C)no2)CCO1. The summed E-state index contributed by atoms with van der Waals surface area (Å²) in [6, 6.07) is -0.118. The smallest absolute Gasteiger partial charge is 0.318 e. The van der Waals surface area contributed by atoms with Crippen molar-refractivity contribution in [3.63, 3.8) is 0 Å². The molecule has 1 aliphatic rings. The van der Waals surface area contributed by atoms with E-state index in [0.29, 0.717) is 31.4 Å². The van der Waals surface area contributed by atoms with Crippen molar-refractivity contribution in [3.8, 4) is 0 Å². The molecule has 100 valence electrons. The number of rotatable bonds is 3. The van der Waals surface area contributed by atoms with Crippen molar-refractivity contribution in [1.82, 2.24) is 20.4 Å². The lowest BCUT2D eigenvalue weighted by Crippen LogP contribution is -2.49. The average molecular weight is 254 g/mol. The fourth-order valence-electron chi connectivity index (χ4n) is 1.83. The van der Waals surface area contributed by atoms with Crippen LogP contribution in [0.5, 0.6) is 0 Å². The van der Waals surface area contributed by atoms with E-state index in [2.05, 4.69) is 15.5 Å². The molecule has 0 spiro atoms. The molecule has 1 aromatic rings. The number of amides is 2. The Hall–Kier alpha value is -1.63. The van der Waals surface area contributed by atoms with Crippen LogP contribution in [0.2, 0.25) is 0 Å². The topological polar surface area (TPSA) is 80.5 Å². The van der Waals surface area contributed by atoms with Crippen LogP contribution in [0.15, 0.2) is 4.52 Å². The summed E-state index contributed by atoms with van der Waals surface area (Å²) in [5.41, 5.74) is 0. The third-order valence-corrected chi connectivity index (χ3v) is 2.84. The Morgan fingerprint density at radius 1 is 1.61 bits per heavy atom. The van der Waals surface area contributed by atoms with Gasteiger partial charge in [0.1, 0.15) is 0 Å². The molecule has 2 amide bonds. The molecule has 0 aliphatic carbocycles. The normalized spacial score (nSPS) is 19.9. The summed E-state index contributed by atoms with van der Waals surface area (Å²) in [5, 5.41) is 6.42. The Morgan fingerprint density at radius 3 is 3.11 bits per heavy atom. The van der Waals surface area contributed by atoms with Gasteiger partial charge in [-0.15, -0.1) is 0 Å². The summed E-state index contributed by atoms with van der Waals surface area (Å²) in [5.74, 6) is 0.984. The number of aromatic nitrogens is 2. The number of hydrogen-bond acceptors (Lipinski definition) is 5. The first-order valence-corrected chi connectivity index (χ1v) is 6.12. The first-order chi connectivity index (χ1) is 8.69. The summed E-state index contributed by atoms with van der Waals surface area (Å²) in [6.45, 7) is 5.88. The van der Waals surface area contributed by atoms with E-state index in [1.807, 2.05) is 6.92 Å². The van der Waals surface area contributed by atoms with Gasteiger partial charge in [0, 0.05) is 13.1 Å². The molecule has 18 heavy (non-hydrogen) atoms. The van der Waals surface area contributed by atoms with Gasteiger partial charge in [-0.05, 0) is 13.3 Å². The number of nitrogens with zero attached hydrogens (tertiary/aromatic N) is 3. The van der Waals surface area contributed by atoms with Gasteiger partial charge in [-0.25, -0.2) is 4.79 Å². The maximum absolute atomic E-state index is 11.9. The molecule has 1 aromatic heterocycles. The van der Waals surface area contributed by atoms with Crippen molar-refractivity contribution in [2.24, 2.45) is 0 Å². The van der Waals surface area contributed by atoms with Crippen molar-refractivity contribution in [1.29, 1.82) is 0 Å². The van der Waals surface area contributed by atoms with Crippen LogP contribution in [0.3, 0.4) is 0 Å². The lowest BCUT2D eigenvalue weighted by Gasteiger charge is -2.32. The van der Waals surface area contributed by atoms with Gasteiger partial charge in [0.05, 0.1) is 19.3 Å². The number of aryl methyl sites for hydroxylation is 1. The van der Waals surface area contributed by atoms with Crippen molar-refractivity contribution in [2.75, 3.05) is 19.7 Å². The van der Waals surface area contributed by atoms with Gasteiger partial charge in [0.15, 0.2) is 5.82 Å². The largest absolute Gasteiger partial charge is 0.375 e.